The third-order valence-electron chi connectivity index (χ3n) is 4.22. The zero-order valence-electron chi connectivity index (χ0n) is 14.5. The standard InChI is InChI=1S/C18H18ClFN2O4S/c1-12-10-14(20)3-5-16(12)21-18(23)13-2-4-15(19)17(11-13)27(24,25)22-6-8-26-9-7-22/h2-5,10-11H,6-9H2,1H3,(H,21,23). The number of hydrogen-bond donors (Lipinski definition) is 1. The Hall–Kier alpha value is -2.00. The monoisotopic (exact) mass is 412 g/mol. The predicted octanol–water partition coefficient (Wildman–Crippen LogP) is 3.06. The number of aryl methyl sites for hydroxylation is 1. The van der Waals surface area contributed by atoms with Crippen LogP contribution in [0.5, 0.6) is 0 Å². The van der Waals surface area contributed by atoms with Crippen LogP contribution in [0.2, 0.25) is 5.02 Å². The van der Waals surface area contributed by atoms with Crippen LogP contribution in [0.3, 0.4) is 0 Å². The molecule has 1 amide bonds. The van der Waals surface area contributed by atoms with Crippen molar-refractivity contribution in [3.63, 3.8) is 0 Å². The number of rotatable bonds is 4. The largest absolute Gasteiger partial charge is 0.379 e. The van der Waals surface area contributed by atoms with E-state index in [4.69, 9.17) is 16.3 Å². The molecule has 1 fully saturated rings. The summed E-state index contributed by atoms with van der Waals surface area (Å²) in [5.74, 6) is -0.921. The first-order chi connectivity index (χ1) is 12.8. The Morgan fingerprint density at radius 3 is 2.56 bits per heavy atom. The van der Waals surface area contributed by atoms with Gasteiger partial charge in [-0.05, 0) is 48.9 Å². The van der Waals surface area contributed by atoms with Crippen molar-refractivity contribution in [3.8, 4) is 0 Å². The van der Waals surface area contributed by atoms with Crippen LogP contribution in [0, 0.1) is 12.7 Å². The van der Waals surface area contributed by atoms with E-state index in [0.29, 0.717) is 24.5 Å². The normalized spacial score (nSPS) is 15.5. The average molecular weight is 413 g/mol. The maximum Gasteiger partial charge on any atom is 0.255 e. The van der Waals surface area contributed by atoms with Crippen LogP contribution in [0.15, 0.2) is 41.3 Å². The van der Waals surface area contributed by atoms with E-state index in [1.807, 2.05) is 0 Å². The van der Waals surface area contributed by atoms with E-state index in [-0.39, 0.29) is 28.6 Å². The molecule has 1 aliphatic heterocycles. The Bertz CT molecular complexity index is 975. The fourth-order valence-electron chi connectivity index (χ4n) is 2.73. The van der Waals surface area contributed by atoms with Gasteiger partial charge in [-0.25, -0.2) is 12.8 Å². The van der Waals surface area contributed by atoms with E-state index in [1.165, 1.54) is 40.7 Å². The molecule has 0 saturated carbocycles. The minimum absolute atomic E-state index is 0.0380. The zero-order chi connectivity index (χ0) is 19.6. The molecule has 1 aliphatic rings. The molecule has 0 aromatic heterocycles. The number of amides is 1. The highest BCUT2D eigenvalue weighted by Crippen LogP contribution is 2.27. The molecule has 144 valence electrons. The van der Waals surface area contributed by atoms with E-state index >= 15 is 0 Å². The summed E-state index contributed by atoms with van der Waals surface area (Å²) in [5.41, 5.74) is 1.13. The summed E-state index contributed by atoms with van der Waals surface area (Å²) >= 11 is 6.10. The van der Waals surface area contributed by atoms with Gasteiger partial charge in [0, 0.05) is 24.3 Å². The lowest BCUT2D eigenvalue weighted by atomic mass is 10.1. The summed E-state index contributed by atoms with van der Waals surface area (Å²) in [6, 6.07) is 8.05. The van der Waals surface area contributed by atoms with Gasteiger partial charge in [0.15, 0.2) is 0 Å². The summed E-state index contributed by atoms with van der Waals surface area (Å²) in [6.07, 6.45) is 0. The van der Waals surface area contributed by atoms with Crippen LogP contribution in [0.4, 0.5) is 10.1 Å². The van der Waals surface area contributed by atoms with Gasteiger partial charge in [0.05, 0.1) is 18.2 Å². The van der Waals surface area contributed by atoms with Gasteiger partial charge in [-0.2, -0.15) is 4.31 Å². The molecule has 1 N–H and O–H groups in total. The number of hydrogen-bond acceptors (Lipinski definition) is 4. The number of anilines is 1. The van der Waals surface area contributed by atoms with Crippen LogP contribution < -0.4 is 5.32 Å². The molecule has 0 unspecified atom stereocenters. The van der Waals surface area contributed by atoms with E-state index in [0.717, 1.165) is 0 Å². The predicted molar refractivity (Wildman–Crippen MR) is 100 cm³/mol. The van der Waals surface area contributed by atoms with E-state index in [1.54, 1.807) is 6.92 Å². The fourth-order valence-corrected chi connectivity index (χ4v) is 4.64. The lowest BCUT2D eigenvalue weighted by Crippen LogP contribution is -2.40. The topological polar surface area (TPSA) is 75.7 Å². The summed E-state index contributed by atoms with van der Waals surface area (Å²) in [6.45, 7) is 2.73. The molecule has 0 aliphatic carbocycles. The molecule has 27 heavy (non-hydrogen) atoms. The summed E-state index contributed by atoms with van der Waals surface area (Å²) in [7, 11) is -3.84. The maximum atomic E-state index is 13.2. The van der Waals surface area contributed by atoms with Crippen LogP contribution in [0.25, 0.3) is 0 Å². The van der Waals surface area contributed by atoms with Gasteiger partial charge in [0.2, 0.25) is 10.0 Å². The molecule has 3 rings (SSSR count). The summed E-state index contributed by atoms with van der Waals surface area (Å²) < 4.78 is 45.4. The molecule has 9 heteroatoms. The fraction of sp³-hybridized carbons (Fsp3) is 0.278. The number of nitrogens with one attached hydrogen (secondary N) is 1. The average Bonchev–Trinajstić information content (AvgIpc) is 2.65. The number of halogens is 2. The highest BCUT2D eigenvalue weighted by atomic mass is 35.5. The van der Waals surface area contributed by atoms with Crippen molar-refractivity contribution in [2.24, 2.45) is 0 Å². The third-order valence-corrected chi connectivity index (χ3v) is 6.60. The van der Waals surface area contributed by atoms with Crippen molar-refractivity contribution in [2.45, 2.75) is 11.8 Å². The molecule has 1 saturated heterocycles. The van der Waals surface area contributed by atoms with Crippen LogP contribution in [0.1, 0.15) is 15.9 Å². The molecule has 2 aromatic carbocycles. The van der Waals surface area contributed by atoms with Crippen LogP contribution in [-0.4, -0.2) is 44.9 Å². The second-order valence-corrected chi connectivity index (χ2v) is 8.39. The lowest BCUT2D eigenvalue weighted by Gasteiger charge is -2.26. The third kappa shape index (κ3) is 4.30. The van der Waals surface area contributed by atoms with E-state index in [9.17, 15) is 17.6 Å². The van der Waals surface area contributed by atoms with E-state index in [2.05, 4.69) is 5.32 Å². The zero-order valence-corrected chi connectivity index (χ0v) is 16.1. The SMILES string of the molecule is Cc1cc(F)ccc1NC(=O)c1ccc(Cl)c(S(=O)(=O)N2CCOCC2)c1. The molecule has 0 radical (unpaired) electrons. The Morgan fingerprint density at radius 2 is 1.89 bits per heavy atom. The van der Waals surface area contributed by atoms with Gasteiger partial charge < -0.3 is 10.1 Å². The van der Waals surface area contributed by atoms with Crippen molar-refractivity contribution >= 4 is 33.2 Å². The van der Waals surface area contributed by atoms with Gasteiger partial charge in [-0.15, -0.1) is 0 Å². The first kappa shape index (κ1) is 19.8. The van der Waals surface area contributed by atoms with Crippen LogP contribution >= 0.6 is 11.6 Å². The molecule has 1 heterocycles. The van der Waals surface area contributed by atoms with Crippen molar-refractivity contribution in [2.75, 3.05) is 31.6 Å². The molecule has 0 spiro atoms. The number of morpholine rings is 1. The van der Waals surface area contributed by atoms with Crippen molar-refractivity contribution in [3.05, 3.63) is 58.4 Å². The van der Waals surface area contributed by atoms with E-state index < -0.39 is 21.7 Å². The van der Waals surface area contributed by atoms with Crippen LogP contribution in [-0.2, 0) is 14.8 Å². The molecule has 0 atom stereocenters. The molecule has 0 bridgehead atoms. The second kappa shape index (κ2) is 7.93. The highest BCUT2D eigenvalue weighted by Gasteiger charge is 2.29. The Kier molecular flexibility index (Phi) is 5.81. The van der Waals surface area contributed by atoms with Gasteiger partial charge >= 0.3 is 0 Å². The molecule has 6 nitrogen and oxygen atoms in total. The first-order valence-corrected chi connectivity index (χ1v) is 10.1. The molecule has 2 aromatic rings. The smallest absolute Gasteiger partial charge is 0.255 e. The van der Waals surface area contributed by atoms with Gasteiger partial charge in [-0.3, -0.25) is 4.79 Å². The number of benzene rings is 2. The Morgan fingerprint density at radius 1 is 1.19 bits per heavy atom. The number of sulfonamides is 1. The first-order valence-electron chi connectivity index (χ1n) is 8.24. The minimum Gasteiger partial charge on any atom is -0.379 e. The number of carbonyl (C=O) groups is 1. The maximum absolute atomic E-state index is 13.2. The highest BCUT2D eigenvalue weighted by molar-refractivity contribution is 7.89. The number of nitrogens with zero attached hydrogens (tertiary/aromatic N) is 1. The molecular formula is C18H18ClFN2O4S. The summed E-state index contributed by atoms with van der Waals surface area (Å²) in [4.78, 5) is 12.4. The van der Waals surface area contributed by atoms with Gasteiger partial charge in [-0.1, -0.05) is 11.6 Å². The summed E-state index contributed by atoms with van der Waals surface area (Å²) in [5, 5.41) is 2.69. The minimum atomic E-state index is -3.84. The lowest BCUT2D eigenvalue weighted by molar-refractivity contribution is 0.0730. The van der Waals surface area contributed by atoms with Crippen molar-refractivity contribution in [1.29, 1.82) is 0 Å². The van der Waals surface area contributed by atoms with Gasteiger partial charge in [0.1, 0.15) is 10.7 Å². The second-order valence-electron chi connectivity index (χ2n) is 6.08. The van der Waals surface area contributed by atoms with Crippen molar-refractivity contribution in [1.82, 2.24) is 4.31 Å². The quantitative estimate of drug-likeness (QED) is 0.837. The van der Waals surface area contributed by atoms with Gasteiger partial charge in [0.25, 0.3) is 5.91 Å². The molecular weight excluding hydrogens is 395 g/mol. The van der Waals surface area contributed by atoms with Crippen molar-refractivity contribution < 1.29 is 22.3 Å². The Labute approximate surface area is 161 Å². The Balaban J connectivity index is 1.89. The number of carbonyl (C=O) groups excluding carboxylic acids is 1. The number of ether oxygens (including phenoxy) is 1.